The first-order valence-corrected chi connectivity index (χ1v) is 5.76. The van der Waals surface area contributed by atoms with Gasteiger partial charge in [-0.1, -0.05) is 0 Å². The monoisotopic (exact) mass is 202 g/mol. The summed E-state index contributed by atoms with van der Waals surface area (Å²) >= 11 is 0. The van der Waals surface area contributed by atoms with Gasteiger partial charge in [-0.05, 0) is 0 Å². The van der Waals surface area contributed by atoms with Crippen molar-refractivity contribution in [1.82, 2.24) is 9.55 Å². The van der Waals surface area contributed by atoms with E-state index in [9.17, 15) is 8.42 Å². The zero-order valence-electron chi connectivity index (χ0n) is 6.92. The van der Waals surface area contributed by atoms with Crippen LogP contribution in [0.3, 0.4) is 0 Å². The average Bonchev–Trinajstić information content (AvgIpc) is 2.46. The van der Waals surface area contributed by atoms with Gasteiger partial charge in [-0.15, -0.1) is 0 Å². The summed E-state index contributed by atoms with van der Waals surface area (Å²) in [6, 6.07) is -0.0327. The van der Waals surface area contributed by atoms with E-state index in [0.29, 0.717) is 5.69 Å². The summed E-state index contributed by atoms with van der Waals surface area (Å²) in [5.74, 6) is 0.326. The van der Waals surface area contributed by atoms with Crippen LogP contribution in [-0.2, 0) is 16.4 Å². The van der Waals surface area contributed by atoms with E-state index in [-0.39, 0.29) is 24.2 Å². The van der Waals surface area contributed by atoms with Crippen molar-refractivity contribution in [1.29, 1.82) is 0 Å². The molecule has 2 heterocycles. The summed E-state index contributed by atoms with van der Waals surface area (Å²) in [5, 5.41) is 8.90. The Bertz CT molecular complexity index is 397. The van der Waals surface area contributed by atoms with E-state index >= 15 is 0 Å². The fraction of sp³-hybridized carbons (Fsp3) is 0.571. The molecule has 0 aliphatic carbocycles. The molecular formula is C7H10N2O3S. The van der Waals surface area contributed by atoms with E-state index < -0.39 is 9.84 Å². The van der Waals surface area contributed by atoms with Crippen LogP contribution in [-0.4, -0.2) is 34.6 Å². The van der Waals surface area contributed by atoms with E-state index in [2.05, 4.69) is 4.98 Å². The van der Waals surface area contributed by atoms with Gasteiger partial charge in [0.2, 0.25) is 0 Å². The molecule has 1 aromatic heterocycles. The highest BCUT2D eigenvalue weighted by molar-refractivity contribution is 7.92. The maximum atomic E-state index is 10.9. The molecule has 1 N–H and O–H groups in total. The molecule has 0 aromatic carbocycles. The third-order valence-corrected chi connectivity index (χ3v) is 3.98. The number of hydrogen-bond donors (Lipinski definition) is 1. The SMILES string of the molecule is O=S1(=O)CC(n2cncc2CO)C1. The third kappa shape index (κ3) is 1.47. The Morgan fingerprint density at radius 1 is 1.62 bits per heavy atom. The number of rotatable bonds is 2. The molecule has 0 bridgehead atoms. The normalized spacial score (nSPS) is 21.3. The molecule has 1 saturated heterocycles. The summed E-state index contributed by atoms with van der Waals surface area (Å²) in [6.07, 6.45) is 3.11. The molecule has 2 rings (SSSR count). The Kier molecular flexibility index (Phi) is 1.88. The van der Waals surface area contributed by atoms with Crippen LogP contribution in [0.4, 0.5) is 0 Å². The maximum Gasteiger partial charge on any atom is 0.154 e. The molecule has 5 nitrogen and oxygen atoms in total. The molecule has 6 heteroatoms. The van der Waals surface area contributed by atoms with Crippen molar-refractivity contribution in [3.63, 3.8) is 0 Å². The lowest BCUT2D eigenvalue weighted by Crippen LogP contribution is -2.38. The molecule has 1 aromatic rings. The minimum Gasteiger partial charge on any atom is -0.390 e. The van der Waals surface area contributed by atoms with E-state index in [1.165, 1.54) is 0 Å². The number of aromatic nitrogens is 2. The van der Waals surface area contributed by atoms with E-state index in [0.717, 1.165) is 0 Å². The standard InChI is InChI=1S/C7H10N2O3S/c10-2-6-1-8-5-9(6)7-3-13(11,12)4-7/h1,5,7,10H,2-4H2. The van der Waals surface area contributed by atoms with Crippen molar-refractivity contribution in [2.75, 3.05) is 11.5 Å². The average molecular weight is 202 g/mol. The summed E-state index contributed by atoms with van der Waals surface area (Å²) in [7, 11) is -2.81. The second kappa shape index (κ2) is 2.81. The Morgan fingerprint density at radius 2 is 2.31 bits per heavy atom. The minimum atomic E-state index is -2.81. The smallest absolute Gasteiger partial charge is 0.154 e. The van der Waals surface area contributed by atoms with Gasteiger partial charge in [0.05, 0.1) is 42.4 Å². The fourth-order valence-electron chi connectivity index (χ4n) is 1.48. The van der Waals surface area contributed by atoms with Crippen LogP contribution in [0, 0.1) is 0 Å². The Labute approximate surface area is 75.9 Å². The van der Waals surface area contributed by atoms with Gasteiger partial charge in [-0.25, -0.2) is 13.4 Å². The molecule has 0 spiro atoms. The zero-order chi connectivity index (χ0) is 9.47. The second-order valence-corrected chi connectivity index (χ2v) is 5.33. The van der Waals surface area contributed by atoms with Crippen molar-refractivity contribution in [2.24, 2.45) is 0 Å². The van der Waals surface area contributed by atoms with Crippen LogP contribution in [0.15, 0.2) is 12.5 Å². The van der Waals surface area contributed by atoms with Crippen LogP contribution in [0.5, 0.6) is 0 Å². The summed E-state index contributed by atoms with van der Waals surface area (Å²) < 4.78 is 23.5. The molecule has 1 aliphatic rings. The molecule has 0 amide bonds. The van der Waals surface area contributed by atoms with Gasteiger partial charge in [-0.3, -0.25) is 0 Å². The first kappa shape index (κ1) is 8.71. The van der Waals surface area contributed by atoms with Gasteiger partial charge in [0.15, 0.2) is 9.84 Å². The largest absolute Gasteiger partial charge is 0.390 e. The molecule has 0 radical (unpaired) electrons. The zero-order valence-corrected chi connectivity index (χ0v) is 7.74. The van der Waals surface area contributed by atoms with Crippen LogP contribution in [0.1, 0.15) is 11.7 Å². The molecule has 0 unspecified atom stereocenters. The predicted octanol–water partition coefficient (Wildman–Crippen LogP) is -0.655. The summed E-state index contributed by atoms with van der Waals surface area (Å²) in [4.78, 5) is 3.85. The maximum absolute atomic E-state index is 10.9. The third-order valence-electron chi connectivity index (χ3n) is 2.19. The summed E-state index contributed by atoms with van der Waals surface area (Å²) in [5.41, 5.74) is 0.667. The minimum absolute atomic E-state index is 0.0327. The van der Waals surface area contributed by atoms with E-state index in [1.807, 2.05) is 0 Å². The Balaban J connectivity index is 2.19. The van der Waals surface area contributed by atoms with E-state index in [4.69, 9.17) is 5.11 Å². The van der Waals surface area contributed by atoms with Gasteiger partial charge >= 0.3 is 0 Å². The number of hydrogen-bond acceptors (Lipinski definition) is 4. The predicted molar refractivity (Wildman–Crippen MR) is 45.8 cm³/mol. The molecular weight excluding hydrogens is 192 g/mol. The first-order chi connectivity index (χ1) is 6.12. The highest BCUT2D eigenvalue weighted by atomic mass is 32.2. The van der Waals surface area contributed by atoms with Gasteiger partial charge in [-0.2, -0.15) is 0 Å². The van der Waals surface area contributed by atoms with Gasteiger partial charge in [0.25, 0.3) is 0 Å². The number of aliphatic hydroxyl groups excluding tert-OH is 1. The van der Waals surface area contributed by atoms with E-state index in [1.54, 1.807) is 17.1 Å². The topological polar surface area (TPSA) is 72.2 Å². The lowest BCUT2D eigenvalue weighted by Gasteiger charge is -2.28. The highest BCUT2D eigenvalue weighted by Crippen LogP contribution is 2.24. The molecule has 1 fully saturated rings. The molecule has 72 valence electrons. The molecule has 1 aliphatic heterocycles. The molecule has 0 saturated carbocycles. The van der Waals surface area contributed by atoms with Crippen molar-refractivity contribution in [3.05, 3.63) is 18.2 Å². The van der Waals surface area contributed by atoms with Crippen LogP contribution < -0.4 is 0 Å². The van der Waals surface area contributed by atoms with Crippen LogP contribution in [0.2, 0.25) is 0 Å². The number of nitrogens with zero attached hydrogens (tertiary/aromatic N) is 2. The first-order valence-electron chi connectivity index (χ1n) is 3.94. The molecule has 13 heavy (non-hydrogen) atoms. The fourth-order valence-corrected chi connectivity index (χ4v) is 2.88. The van der Waals surface area contributed by atoms with Crippen molar-refractivity contribution in [2.45, 2.75) is 12.6 Å². The van der Waals surface area contributed by atoms with Gasteiger partial charge in [0.1, 0.15) is 0 Å². The lowest BCUT2D eigenvalue weighted by molar-refractivity contribution is 0.267. The van der Waals surface area contributed by atoms with Gasteiger partial charge in [0, 0.05) is 0 Å². The molecule has 0 atom stereocenters. The van der Waals surface area contributed by atoms with Gasteiger partial charge < -0.3 is 9.67 Å². The van der Waals surface area contributed by atoms with Crippen molar-refractivity contribution >= 4 is 9.84 Å². The van der Waals surface area contributed by atoms with Crippen LogP contribution >= 0.6 is 0 Å². The highest BCUT2D eigenvalue weighted by Gasteiger charge is 2.35. The second-order valence-electron chi connectivity index (χ2n) is 3.18. The number of sulfone groups is 1. The summed E-state index contributed by atoms with van der Waals surface area (Å²) in [6.45, 7) is -0.101. The van der Waals surface area contributed by atoms with Crippen molar-refractivity contribution < 1.29 is 13.5 Å². The Hall–Kier alpha value is -0.880. The number of aliphatic hydroxyl groups is 1. The van der Waals surface area contributed by atoms with Crippen molar-refractivity contribution in [3.8, 4) is 0 Å². The van der Waals surface area contributed by atoms with Crippen LogP contribution in [0.25, 0.3) is 0 Å². The quantitative estimate of drug-likeness (QED) is 0.691. The number of imidazole rings is 1. The lowest BCUT2D eigenvalue weighted by atomic mass is 10.3. The Morgan fingerprint density at radius 3 is 2.85 bits per heavy atom.